The number of rotatable bonds is 3. The van der Waals surface area contributed by atoms with Crippen molar-refractivity contribution in [3.05, 3.63) is 0 Å². The highest BCUT2D eigenvalue weighted by Crippen LogP contribution is 2.12. The normalized spacial score (nSPS) is 26.2. The van der Waals surface area contributed by atoms with E-state index in [1.165, 1.54) is 0 Å². The highest BCUT2D eigenvalue weighted by molar-refractivity contribution is 7.89. The van der Waals surface area contributed by atoms with E-state index in [4.69, 9.17) is 4.74 Å². The van der Waals surface area contributed by atoms with Crippen molar-refractivity contribution in [3.8, 4) is 0 Å². The molecule has 0 spiro atoms. The maximum Gasteiger partial charge on any atom is 0.214 e. The Balaban J connectivity index is 2.68. The van der Waals surface area contributed by atoms with Crippen molar-refractivity contribution in [1.82, 2.24) is 4.31 Å². The first-order valence-corrected chi connectivity index (χ1v) is 6.26. The van der Waals surface area contributed by atoms with E-state index in [0.717, 1.165) is 0 Å². The molecule has 0 radical (unpaired) electrons. The standard InChI is InChI=1S/C8H17NO3S/c1-3-6-13(10,11)9-4-5-12-7-8(9)2/h8H,3-7H2,1-2H3. The first kappa shape index (κ1) is 10.9. The number of morpholine rings is 1. The minimum Gasteiger partial charge on any atom is -0.378 e. The van der Waals surface area contributed by atoms with Crippen LogP contribution in [0.25, 0.3) is 0 Å². The molecule has 0 aromatic rings. The lowest BCUT2D eigenvalue weighted by Gasteiger charge is -2.32. The summed E-state index contributed by atoms with van der Waals surface area (Å²) in [6.07, 6.45) is 0.673. The lowest BCUT2D eigenvalue weighted by atomic mass is 10.3. The van der Waals surface area contributed by atoms with E-state index >= 15 is 0 Å². The molecular weight excluding hydrogens is 190 g/mol. The Morgan fingerprint density at radius 3 is 2.77 bits per heavy atom. The quantitative estimate of drug-likeness (QED) is 0.675. The highest BCUT2D eigenvalue weighted by atomic mass is 32.2. The van der Waals surface area contributed by atoms with Gasteiger partial charge in [-0.2, -0.15) is 4.31 Å². The van der Waals surface area contributed by atoms with E-state index in [-0.39, 0.29) is 11.8 Å². The van der Waals surface area contributed by atoms with Crippen molar-refractivity contribution in [3.63, 3.8) is 0 Å². The van der Waals surface area contributed by atoms with Crippen LogP contribution >= 0.6 is 0 Å². The molecule has 0 aromatic carbocycles. The van der Waals surface area contributed by atoms with Gasteiger partial charge in [0.15, 0.2) is 0 Å². The van der Waals surface area contributed by atoms with Crippen molar-refractivity contribution >= 4 is 10.0 Å². The van der Waals surface area contributed by atoms with Crippen LogP contribution in [0, 0.1) is 0 Å². The minimum absolute atomic E-state index is 0.00898. The van der Waals surface area contributed by atoms with Gasteiger partial charge >= 0.3 is 0 Å². The molecule has 1 unspecified atom stereocenters. The van der Waals surface area contributed by atoms with Crippen molar-refractivity contribution in [2.75, 3.05) is 25.5 Å². The summed E-state index contributed by atoms with van der Waals surface area (Å²) in [4.78, 5) is 0. The molecular formula is C8H17NO3S. The summed E-state index contributed by atoms with van der Waals surface area (Å²) in [5.74, 6) is 0.247. The Bertz CT molecular complexity index is 250. The largest absolute Gasteiger partial charge is 0.378 e. The van der Waals surface area contributed by atoms with E-state index < -0.39 is 10.0 Å². The second-order valence-corrected chi connectivity index (χ2v) is 5.39. The summed E-state index contributed by atoms with van der Waals surface area (Å²) in [5, 5.41) is 0. The first-order chi connectivity index (χ1) is 6.08. The number of hydrogen-bond acceptors (Lipinski definition) is 3. The van der Waals surface area contributed by atoms with Gasteiger partial charge < -0.3 is 4.74 Å². The molecule has 4 nitrogen and oxygen atoms in total. The zero-order valence-corrected chi connectivity index (χ0v) is 9.01. The first-order valence-electron chi connectivity index (χ1n) is 4.65. The zero-order valence-electron chi connectivity index (χ0n) is 8.19. The fourth-order valence-corrected chi connectivity index (χ4v) is 3.21. The van der Waals surface area contributed by atoms with Crippen LogP contribution in [0.2, 0.25) is 0 Å². The third-order valence-electron chi connectivity index (χ3n) is 2.13. The molecule has 13 heavy (non-hydrogen) atoms. The van der Waals surface area contributed by atoms with Crippen molar-refractivity contribution in [2.45, 2.75) is 26.3 Å². The summed E-state index contributed by atoms with van der Waals surface area (Å²) in [7, 11) is -3.03. The maximum absolute atomic E-state index is 11.7. The summed E-state index contributed by atoms with van der Waals surface area (Å²) in [5.41, 5.74) is 0. The Hall–Kier alpha value is -0.130. The van der Waals surface area contributed by atoms with Crippen molar-refractivity contribution in [1.29, 1.82) is 0 Å². The lowest BCUT2D eigenvalue weighted by Crippen LogP contribution is -2.47. The number of hydrogen-bond donors (Lipinski definition) is 0. The number of sulfonamides is 1. The molecule has 0 aliphatic carbocycles. The summed E-state index contributed by atoms with van der Waals surface area (Å²) in [6.45, 7) is 5.30. The lowest BCUT2D eigenvalue weighted by molar-refractivity contribution is 0.0393. The van der Waals surface area contributed by atoms with E-state index in [0.29, 0.717) is 26.2 Å². The van der Waals surface area contributed by atoms with Gasteiger partial charge in [0.1, 0.15) is 0 Å². The SMILES string of the molecule is CCCS(=O)(=O)N1CCOCC1C. The van der Waals surface area contributed by atoms with Gasteiger partial charge in [-0.1, -0.05) is 6.92 Å². The smallest absolute Gasteiger partial charge is 0.214 e. The predicted octanol–water partition coefficient (Wildman–Crippen LogP) is 0.447. The summed E-state index contributed by atoms with van der Waals surface area (Å²) < 4.78 is 30.1. The molecule has 1 fully saturated rings. The molecule has 5 heteroatoms. The number of ether oxygens (including phenoxy) is 1. The predicted molar refractivity (Wildman–Crippen MR) is 51.1 cm³/mol. The van der Waals surface area contributed by atoms with Crippen LogP contribution in [0.3, 0.4) is 0 Å². The summed E-state index contributed by atoms with van der Waals surface area (Å²) >= 11 is 0. The van der Waals surface area contributed by atoms with Gasteiger partial charge in [-0.15, -0.1) is 0 Å². The second kappa shape index (κ2) is 4.39. The molecule has 1 atom stereocenters. The monoisotopic (exact) mass is 207 g/mol. The number of nitrogens with zero attached hydrogens (tertiary/aromatic N) is 1. The summed E-state index contributed by atoms with van der Waals surface area (Å²) in [6, 6.07) is -0.00898. The molecule has 1 aliphatic heterocycles. The van der Waals surface area contributed by atoms with Gasteiger partial charge in [0, 0.05) is 12.6 Å². The molecule has 0 saturated carbocycles. The third kappa shape index (κ3) is 2.65. The fraction of sp³-hybridized carbons (Fsp3) is 1.00. The molecule has 78 valence electrons. The molecule has 1 aliphatic rings. The molecule has 0 bridgehead atoms. The van der Waals surface area contributed by atoms with Gasteiger partial charge in [-0.3, -0.25) is 0 Å². The van der Waals surface area contributed by atoms with Crippen LogP contribution in [0.4, 0.5) is 0 Å². The zero-order chi connectivity index (χ0) is 9.90. The van der Waals surface area contributed by atoms with Gasteiger partial charge in [-0.25, -0.2) is 8.42 Å². The Morgan fingerprint density at radius 2 is 2.23 bits per heavy atom. The van der Waals surface area contributed by atoms with Crippen LogP contribution in [0.1, 0.15) is 20.3 Å². The van der Waals surface area contributed by atoms with Gasteiger partial charge in [0.2, 0.25) is 10.0 Å². The van der Waals surface area contributed by atoms with Crippen molar-refractivity contribution < 1.29 is 13.2 Å². The third-order valence-corrected chi connectivity index (χ3v) is 4.31. The molecule has 1 saturated heterocycles. The molecule has 0 aromatic heterocycles. The maximum atomic E-state index is 11.7. The Morgan fingerprint density at radius 1 is 1.54 bits per heavy atom. The fourth-order valence-electron chi connectivity index (χ4n) is 1.50. The van der Waals surface area contributed by atoms with Crippen LogP contribution in [-0.2, 0) is 14.8 Å². The van der Waals surface area contributed by atoms with Gasteiger partial charge in [-0.05, 0) is 13.3 Å². The molecule has 0 amide bonds. The second-order valence-electron chi connectivity index (χ2n) is 3.35. The Kier molecular flexibility index (Phi) is 3.70. The Labute approximate surface area is 79.9 Å². The van der Waals surface area contributed by atoms with Crippen LogP contribution in [0.15, 0.2) is 0 Å². The topological polar surface area (TPSA) is 46.6 Å². The molecule has 1 heterocycles. The van der Waals surface area contributed by atoms with E-state index in [1.807, 2.05) is 13.8 Å². The van der Waals surface area contributed by atoms with Gasteiger partial charge in [0.05, 0.1) is 19.0 Å². The minimum atomic E-state index is -3.03. The van der Waals surface area contributed by atoms with Crippen molar-refractivity contribution in [2.24, 2.45) is 0 Å². The molecule has 0 N–H and O–H groups in total. The van der Waals surface area contributed by atoms with Crippen LogP contribution in [-0.4, -0.2) is 44.3 Å². The average molecular weight is 207 g/mol. The van der Waals surface area contributed by atoms with Crippen LogP contribution in [0.5, 0.6) is 0 Å². The molecule has 1 rings (SSSR count). The average Bonchev–Trinajstić information content (AvgIpc) is 2.04. The van der Waals surface area contributed by atoms with Gasteiger partial charge in [0.25, 0.3) is 0 Å². The van der Waals surface area contributed by atoms with E-state index in [1.54, 1.807) is 4.31 Å². The van der Waals surface area contributed by atoms with E-state index in [9.17, 15) is 8.42 Å². The van der Waals surface area contributed by atoms with E-state index in [2.05, 4.69) is 0 Å². The van der Waals surface area contributed by atoms with Crippen LogP contribution < -0.4 is 0 Å². The highest BCUT2D eigenvalue weighted by Gasteiger charge is 2.28.